The molecule has 3 heterocycles. The maximum absolute atomic E-state index is 13.4. The Morgan fingerprint density at radius 3 is 2.52 bits per heavy atom. The van der Waals surface area contributed by atoms with E-state index in [1.807, 2.05) is 18.2 Å². The number of carboxylic acid groups (broad SMARTS) is 1. The lowest BCUT2D eigenvalue weighted by Gasteiger charge is -2.47. The normalized spacial score (nSPS) is 25.7. The van der Waals surface area contributed by atoms with Gasteiger partial charge in [-0.3, -0.25) is 0 Å². The lowest BCUT2D eigenvalue weighted by molar-refractivity contribution is -0.142. The molecule has 3 aliphatic heterocycles. The van der Waals surface area contributed by atoms with Crippen molar-refractivity contribution in [3.05, 3.63) is 54.3 Å². The molecule has 2 aromatic carbocycles. The Hall–Kier alpha value is -2.01. The van der Waals surface area contributed by atoms with Crippen molar-refractivity contribution in [1.29, 1.82) is 0 Å². The molecular formula is C22H25FO5P+. The first-order valence-electron chi connectivity index (χ1n) is 9.84. The fourth-order valence-corrected chi connectivity index (χ4v) is 8.24. The number of aliphatic carboxylic acids is 1. The summed E-state index contributed by atoms with van der Waals surface area (Å²) in [7, 11) is -1.69. The highest BCUT2D eigenvalue weighted by Gasteiger charge is 2.57. The molecule has 154 valence electrons. The van der Waals surface area contributed by atoms with E-state index in [1.165, 1.54) is 17.4 Å². The van der Waals surface area contributed by atoms with Gasteiger partial charge in [0.15, 0.2) is 7.49 Å². The van der Waals surface area contributed by atoms with Crippen molar-refractivity contribution < 1.29 is 28.3 Å². The second kappa shape index (κ2) is 8.39. The molecule has 0 amide bonds. The molecule has 3 fully saturated rings. The summed E-state index contributed by atoms with van der Waals surface area (Å²) < 4.78 is 31.0. The average molecular weight is 419 g/mol. The quantitative estimate of drug-likeness (QED) is 0.505. The van der Waals surface area contributed by atoms with E-state index < -0.39 is 13.5 Å². The number of hydrogen-bond acceptors (Lipinski definition) is 4. The molecule has 5 rings (SSSR count). The maximum atomic E-state index is 13.4. The van der Waals surface area contributed by atoms with Gasteiger partial charge < -0.3 is 14.6 Å². The van der Waals surface area contributed by atoms with Crippen LogP contribution in [0.25, 0.3) is 0 Å². The molecule has 2 bridgehead atoms. The highest BCUT2D eigenvalue weighted by molar-refractivity contribution is 7.78. The Kier molecular flexibility index (Phi) is 5.86. The molecule has 0 saturated carbocycles. The number of rotatable bonds is 8. The van der Waals surface area contributed by atoms with Crippen LogP contribution in [0.15, 0.2) is 48.5 Å². The number of carbonyl (C=O) groups is 1. The molecular weight excluding hydrogens is 394 g/mol. The van der Waals surface area contributed by atoms with Crippen LogP contribution in [-0.4, -0.2) is 43.2 Å². The van der Waals surface area contributed by atoms with Gasteiger partial charge in [-0.15, -0.1) is 0 Å². The molecule has 0 unspecified atom stereocenters. The summed E-state index contributed by atoms with van der Waals surface area (Å²) in [6.45, 7) is 0.913. The number of ether oxygens (including phenoxy) is 2. The van der Waals surface area contributed by atoms with Crippen LogP contribution in [0.2, 0.25) is 0 Å². The largest absolute Gasteiger partial charge is 0.480 e. The Bertz CT molecular complexity index is 862. The van der Waals surface area contributed by atoms with Gasteiger partial charge >= 0.3 is 5.97 Å². The average Bonchev–Trinajstić information content (AvgIpc) is 2.73. The Labute approximate surface area is 170 Å². The van der Waals surface area contributed by atoms with Gasteiger partial charge in [0.05, 0.1) is 18.9 Å². The summed E-state index contributed by atoms with van der Waals surface area (Å²) in [6, 6.07) is 14.1. The van der Waals surface area contributed by atoms with E-state index >= 15 is 0 Å². The van der Waals surface area contributed by atoms with Crippen molar-refractivity contribution in [2.75, 3.05) is 32.1 Å². The van der Waals surface area contributed by atoms with E-state index in [-0.39, 0.29) is 17.8 Å². The van der Waals surface area contributed by atoms with Crippen molar-refractivity contribution in [2.24, 2.45) is 5.41 Å². The molecule has 3 aliphatic rings. The van der Waals surface area contributed by atoms with Gasteiger partial charge in [-0.25, -0.2) is 13.7 Å². The van der Waals surface area contributed by atoms with Crippen LogP contribution in [-0.2, 0) is 14.1 Å². The fourth-order valence-electron chi connectivity index (χ4n) is 4.18. The monoisotopic (exact) mass is 419 g/mol. The first-order valence-corrected chi connectivity index (χ1v) is 11.9. The van der Waals surface area contributed by atoms with E-state index in [9.17, 15) is 9.18 Å². The summed E-state index contributed by atoms with van der Waals surface area (Å²) in [5.41, 5.74) is 0.107. The van der Waals surface area contributed by atoms with Gasteiger partial charge in [-0.1, -0.05) is 12.1 Å². The topological polar surface area (TPSA) is 65.0 Å². The van der Waals surface area contributed by atoms with Crippen molar-refractivity contribution in [2.45, 2.75) is 19.3 Å². The molecule has 0 aliphatic carbocycles. The van der Waals surface area contributed by atoms with Gasteiger partial charge in [0, 0.05) is 24.2 Å². The van der Waals surface area contributed by atoms with Crippen LogP contribution < -0.4 is 10.0 Å². The second-order valence-electron chi connectivity index (χ2n) is 7.86. The predicted molar refractivity (Wildman–Crippen MR) is 110 cm³/mol. The Balaban J connectivity index is 1.41. The molecule has 2 aromatic rings. The molecule has 1 N–H and O–H groups in total. The standard InChI is InChI=1S/C22H24FO5P/c23-17-3-1-4-18(13-17)28-19-5-2-6-20(14-19)29-11-8-22(9-12-29,16-27-29)7-10-26-15-21(24)25/h1-6,13-14H,7-12,15-16H2/p+1. The highest BCUT2D eigenvalue weighted by atomic mass is 31.2. The van der Waals surface area contributed by atoms with Crippen LogP contribution in [0.4, 0.5) is 4.39 Å². The zero-order valence-corrected chi connectivity index (χ0v) is 17.1. The minimum atomic E-state index is -1.69. The molecule has 5 nitrogen and oxygen atoms in total. The molecule has 3 saturated heterocycles. The smallest absolute Gasteiger partial charge is 0.329 e. The lowest BCUT2D eigenvalue weighted by Crippen LogP contribution is -2.44. The molecule has 0 aromatic heterocycles. The predicted octanol–water partition coefficient (Wildman–Crippen LogP) is 4.48. The highest BCUT2D eigenvalue weighted by Crippen LogP contribution is 2.70. The van der Waals surface area contributed by atoms with E-state index in [4.69, 9.17) is 19.1 Å². The SMILES string of the molecule is O=C(O)COCCC12CC[P+](c3cccc(Oc4cccc(F)c4)c3)(CC1)OC2. The minimum absolute atomic E-state index is 0.107. The van der Waals surface area contributed by atoms with Crippen molar-refractivity contribution in [3.63, 3.8) is 0 Å². The number of benzene rings is 2. The van der Waals surface area contributed by atoms with Gasteiger partial charge in [0.1, 0.15) is 29.2 Å². The summed E-state index contributed by atoms with van der Waals surface area (Å²) in [6.07, 6.45) is 5.03. The van der Waals surface area contributed by atoms with E-state index in [0.717, 1.165) is 31.6 Å². The molecule has 0 radical (unpaired) electrons. The van der Waals surface area contributed by atoms with Crippen molar-refractivity contribution in [1.82, 2.24) is 0 Å². The summed E-state index contributed by atoms with van der Waals surface area (Å²) in [5.74, 6) is -0.0882. The summed E-state index contributed by atoms with van der Waals surface area (Å²) in [4.78, 5) is 10.6. The lowest BCUT2D eigenvalue weighted by atomic mass is 9.80. The molecule has 0 atom stereocenters. The van der Waals surface area contributed by atoms with Crippen LogP contribution >= 0.6 is 7.49 Å². The molecule has 7 heteroatoms. The first kappa shape index (κ1) is 20.3. The van der Waals surface area contributed by atoms with Gasteiger partial charge in [0.25, 0.3) is 0 Å². The zero-order valence-electron chi connectivity index (χ0n) is 16.2. The van der Waals surface area contributed by atoms with Gasteiger partial charge in [-0.05, 0) is 43.5 Å². The van der Waals surface area contributed by atoms with Crippen molar-refractivity contribution >= 4 is 18.8 Å². The van der Waals surface area contributed by atoms with Crippen LogP contribution in [0.1, 0.15) is 19.3 Å². The van der Waals surface area contributed by atoms with Crippen molar-refractivity contribution in [3.8, 4) is 11.5 Å². The van der Waals surface area contributed by atoms with Gasteiger partial charge in [-0.2, -0.15) is 0 Å². The van der Waals surface area contributed by atoms with Crippen LogP contribution in [0.3, 0.4) is 0 Å². The summed E-state index contributed by atoms with van der Waals surface area (Å²) in [5, 5.41) is 9.89. The Morgan fingerprint density at radius 1 is 1.14 bits per heavy atom. The van der Waals surface area contributed by atoms with E-state index in [1.54, 1.807) is 12.1 Å². The Morgan fingerprint density at radius 2 is 1.86 bits per heavy atom. The number of fused-ring (bicyclic) bond motifs is 3. The first-order chi connectivity index (χ1) is 14.0. The minimum Gasteiger partial charge on any atom is -0.480 e. The number of hydrogen-bond donors (Lipinski definition) is 1. The van der Waals surface area contributed by atoms with Crippen LogP contribution in [0, 0.1) is 11.2 Å². The fraction of sp³-hybridized carbons (Fsp3) is 0.409. The molecule has 29 heavy (non-hydrogen) atoms. The van der Waals surface area contributed by atoms with E-state index in [0.29, 0.717) is 24.7 Å². The maximum Gasteiger partial charge on any atom is 0.329 e. The third-order valence-electron chi connectivity index (χ3n) is 5.95. The summed E-state index contributed by atoms with van der Waals surface area (Å²) >= 11 is 0. The third kappa shape index (κ3) is 4.61. The number of carboxylic acids is 1. The molecule has 0 spiro atoms. The van der Waals surface area contributed by atoms with Crippen LogP contribution in [0.5, 0.6) is 11.5 Å². The zero-order chi connectivity index (χ0) is 20.3. The van der Waals surface area contributed by atoms with E-state index in [2.05, 4.69) is 6.07 Å². The third-order valence-corrected chi connectivity index (χ3v) is 9.68. The number of halogens is 1. The van der Waals surface area contributed by atoms with Gasteiger partial charge in [0.2, 0.25) is 0 Å². The second-order valence-corrected chi connectivity index (χ2v) is 11.3.